The molecule has 1 fully saturated rings. The normalized spacial score (nSPS) is 19.1. The van der Waals surface area contributed by atoms with Gasteiger partial charge in [0.1, 0.15) is 5.76 Å². The van der Waals surface area contributed by atoms with Crippen molar-refractivity contribution in [2.24, 2.45) is 0 Å². The molecular weight excluding hydrogens is 332 g/mol. The van der Waals surface area contributed by atoms with Gasteiger partial charge in [0.05, 0.1) is 24.3 Å². The monoisotopic (exact) mass is 350 g/mol. The van der Waals surface area contributed by atoms with E-state index in [1.54, 1.807) is 36.2 Å². The Bertz CT molecular complexity index is 803. The van der Waals surface area contributed by atoms with Crippen LogP contribution in [0.2, 0.25) is 0 Å². The molecule has 0 aliphatic carbocycles. The minimum absolute atomic E-state index is 0.108. The second-order valence-electron chi connectivity index (χ2n) is 5.71. The molecule has 0 bridgehead atoms. The second kappa shape index (κ2) is 6.60. The number of aromatic nitrogens is 2. The molecule has 3 heterocycles. The van der Waals surface area contributed by atoms with Gasteiger partial charge in [0.15, 0.2) is 21.3 Å². The summed E-state index contributed by atoms with van der Waals surface area (Å²) in [7, 11) is -1.18. The van der Waals surface area contributed by atoms with Crippen LogP contribution < -0.4 is 10.2 Å². The predicted octanol–water partition coefficient (Wildman–Crippen LogP) is 0.623. The van der Waals surface area contributed by atoms with Gasteiger partial charge in [-0.3, -0.25) is 4.79 Å². The average molecular weight is 350 g/mol. The number of carbonyl (C=O) groups is 1. The Morgan fingerprint density at radius 2 is 2.21 bits per heavy atom. The zero-order valence-corrected chi connectivity index (χ0v) is 14.0. The lowest BCUT2D eigenvalue weighted by atomic mass is 10.2. The molecule has 2 aromatic rings. The van der Waals surface area contributed by atoms with Crippen LogP contribution in [0.1, 0.15) is 22.7 Å². The zero-order valence-electron chi connectivity index (χ0n) is 13.2. The Balaban J connectivity index is 1.61. The molecule has 9 heteroatoms. The number of hydrogen-bond acceptors (Lipinski definition) is 7. The van der Waals surface area contributed by atoms with Crippen molar-refractivity contribution in [3.63, 3.8) is 0 Å². The van der Waals surface area contributed by atoms with Crippen LogP contribution in [0, 0.1) is 0 Å². The zero-order chi connectivity index (χ0) is 17.2. The quantitative estimate of drug-likeness (QED) is 0.843. The van der Waals surface area contributed by atoms with Gasteiger partial charge in [-0.05, 0) is 30.7 Å². The van der Waals surface area contributed by atoms with E-state index in [9.17, 15) is 13.2 Å². The molecule has 1 aliphatic rings. The van der Waals surface area contributed by atoms with Gasteiger partial charge in [-0.1, -0.05) is 0 Å². The Kier molecular flexibility index (Phi) is 4.52. The number of hydrogen-bond donors (Lipinski definition) is 1. The van der Waals surface area contributed by atoms with E-state index in [0.717, 1.165) is 0 Å². The van der Waals surface area contributed by atoms with Gasteiger partial charge in [0.2, 0.25) is 0 Å². The van der Waals surface area contributed by atoms with Gasteiger partial charge in [-0.2, -0.15) is 0 Å². The van der Waals surface area contributed by atoms with Gasteiger partial charge in [0.25, 0.3) is 5.91 Å². The lowest BCUT2D eigenvalue weighted by molar-refractivity contribution is 0.0942. The van der Waals surface area contributed by atoms with Gasteiger partial charge in [0, 0.05) is 13.1 Å². The summed E-state index contributed by atoms with van der Waals surface area (Å²) in [6.07, 6.45) is 2.11. The van der Waals surface area contributed by atoms with Crippen molar-refractivity contribution >= 4 is 21.6 Å². The fourth-order valence-corrected chi connectivity index (χ4v) is 4.35. The van der Waals surface area contributed by atoms with Crippen molar-refractivity contribution in [2.45, 2.75) is 19.0 Å². The van der Waals surface area contributed by atoms with E-state index in [0.29, 0.717) is 18.0 Å². The molecule has 0 radical (unpaired) electrons. The van der Waals surface area contributed by atoms with Gasteiger partial charge in [-0.15, -0.1) is 10.2 Å². The summed E-state index contributed by atoms with van der Waals surface area (Å²) >= 11 is 0. The van der Waals surface area contributed by atoms with Gasteiger partial charge < -0.3 is 14.6 Å². The first-order valence-corrected chi connectivity index (χ1v) is 9.34. The van der Waals surface area contributed by atoms with Crippen molar-refractivity contribution in [3.05, 3.63) is 42.0 Å². The third-order valence-electron chi connectivity index (χ3n) is 4.00. The number of nitrogens with one attached hydrogen (secondary N) is 1. The summed E-state index contributed by atoms with van der Waals surface area (Å²) < 4.78 is 28.3. The van der Waals surface area contributed by atoms with Crippen LogP contribution in [0.25, 0.3) is 0 Å². The van der Waals surface area contributed by atoms with Crippen molar-refractivity contribution in [3.8, 4) is 0 Å². The molecule has 1 amide bonds. The van der Waals surface area contributed by atoms with Crippen molar-refractivity contribution in [1.29, 1.82) is 0 Å². The minimum atomic E-state index is -2.96. The molecule has 1 saturated heterocycles. The maximum Gasteiger partial charge on any atom is 0.272 e. The molecule has 0 spiro atoms. The second-order valence-corrected chi connectivity index (χ2v) is 7.94. The van der Waals surface area contributed by atoms with Crippen LogP contribution in [-0.4, -0.2) is 49.1 Å². The highest BCUT2D eigenvalue weighted by molar-refractivity contribution is 7.91. The molecule has 24 heavy (non-hydrogen) atoms. The minimum Gasteiger partial charge on any atom is -0.467 e. The van der Waals surface area contributed by atoms with E-state index in [2.05, 4.69) is 15.5 Å². The van der Waals surface area contributed by atoms with E-state index in [1.807, 2.05) is 0 Å². The maximum atomic E-state index is 12.0. The van der Waals surface area contributed by atoms with Crippen LogP contribution in [0.4, 0.5) is 5.82 Å². The smallest absolute Gasteiger partial charge is 0.272 e. The molecule has 1 aliphatic heterocycles. The van der Waals surface area contributed by atoms with E-state index < -0.39 is 9.84 Å². The fraction of sp³-hybridized carbons (Fsp3) is 0.400. The molecule has 1 unspecified atom stereocenters. The van der Waals surface area contributed by atoms with Crippen LogP contribution >= 0.6 is 0 Å². The number of sulfone groups is 1. The molecule has 0 aromatic carbocycles. The van der Waals surface area contributed by atoms with E-state index in [4.69, 9.17) is 4.42 Å². The van der Waals surface area contributed by atoms with Crippen LogP contribution in [0.3, 0.4) is 0 Å². The third kappa shape index (κ3) is 3.73. The number of nitrogens with zero attached hydrogens (tertiary/aromatic N) is 3. The van der Waals surface area contributed by atoms with Gasteiger partial charge >= 0.3 is 0 Å². The highest BCUT2D eigenvalue weighted by atomic mass is 32.2. The summed E-state index contributed by atoms with van der Waals surface area (Å²) in [5, 5.41) is 10.6. The van der Waals surface area contributed by atoms with E-state index >= 15 is 0 Å². The molecule has 1 atom stereocenters. The summed E-state index contributed by atoms with van der Waals surface area (Å²) in [5.41, 5.74) is 0.192. The first kappa shape index (κ1) is 16.4. The molecule has 2 aromatic heterocycles. The number of amides is 1. The van der Waals surface area contributed by atoms with Crippen LogP contribution in [0.15, 0.2) is 34.9 Å². The summed E-state index contributed by atoms with van der Waals surface area (Å²) in [4.78, 5) is 13.8. The summed E-state index contributed by atoms with van der Waals surface area (Å²) in [6.45, 7) is 0.273. The van der Waals surface area contributed by atoms with Crippen LogP contribution in [0.5, 0.6) is 0 Å². The number of rotatable bonds is 5. The molecule has 128 valence electrons. The Hall–Kier alpha value is -2.42. The lowest BCUT2D eigenvalue weighted by Crippen LogP contribution is -2.33. The number of furan rings is 1. The molecular formula is C15H18N4O4S. The molecule has 8 nitrogen and oxygen atoms in total. The highest BCUT2D eigenvalue weighted by Crippen LogP contribution is 2.20. The van der Waals surface area contributed by atoms with Gasteiger partial charge in [-0.25, -0.2) is 8.42 Å². The first-order valence-electron chi connectivity index (χ1n) is 7.52. The van der Waals surface area contributed by atoms with Crippen molar-refractivity contribution < 1.29 is 17.6 Å². The molecule has 0 saturated carbocycles. The standard InChI is InChI=1S/C15H18N4O4S/c1-19(11-6-8-24(21,22)10-11)14-5-4-13(17-18-14)15(20)16-9-12-3-2-7-23-12/h2-5,7,11H,6,8-10H2,1H3,(H,16,20). The lowest BCUT2D eigenvalue weighted by Gasteiger charge is -2.23. The largest absolute Gasteiger partial charge is 0.467 e. The predicted molar refractivity (Wildman–Crippen MR) is 87.4 cm³/mol. The summed E-state index contributed by atoms with van der Waals surface area (Å²) in [5.74, 6) is 1.16. The Labute approximate surface area is 139 Å². The third-order valence-corrected chi connectivity index (χ3v) is 5.75. The Morgan fingerprint density at radius 3 is 2.79 bits per heavy atom. The first-order chi connectivity index (χ1) is 11.4. The molecule has 3 rings (SSSR count). The summed E-state index contributed by atoms with van der Waals surface area (Å²) in [6, 6.07) is 6.64. The van der Waals surface area contributed by atoms with Crippen LogP contribution in [-0.2, 0) is 16.4 Å². The fourth-order valence-electron chi connectivity index (χ4n) is 2.57. The van der Waals surface area contributed by atoms with E-state index in [1.165, 1.54) is 6.26 Å². The molecule has 1 N–H and O–H groups in total. The number of anilines is 1. The maximum absolute atomic E-state index is 12.0. The van der Waals surface area contributed by atoms with Crippen molar-refractivity contribution in [1.82, 2.24) is 15.5 Å². The SMILES string of the molecule is CN(c1ccc(C(=O)NCc2ccco2)nn1)C1CCS(=O)(=O)C1. The topological polar surface area (TPSA) is 105 Å². The van der Waals surface area contributed by atoms with Crippen molar-refractivity contribution in [2.75, 3.05) is 23.5 Å². The average Bonchev–Trinajstić information content (AvgIpc) is 3.21. The number of carbonyl (C=O) groups excluding carboxylic acids is 1. The van der Waals surface area contributed by atoms with E-state index in [-0.39, 0.29) is 35.7 Å². The highest BCUT2D eigenvalue weighted by Gasteiger charge is 2.31. The Morgan fingerprint density at radius 1 is 1.38 bits per heavy atom.